The van der Waals surface area contributed by atoms with Crippen molar-refractivity contribution in [3.8, 4) is 0 Å². The fourth-order valence-corrected chi connectivity index (χ4v) is 3.28. The molecular formula is C17H21ClN4O. The summed E-state index contributed by atoms with van der Waals surface area (Å²) < 4.78 is 0. The largest absolute Gasteiger partial charge is 0.325 e. The molecule has 1 amide bonds. The normalized spacial score (nSPS) is 18.7. The number of hydrogen-bond donors (Lipinski definition) is 2. The first kappa shape index (κ1) is 16.0. The molecule has 2 heterocycles. The van der Waals surface area contributed by atoms with Gasteiger partial charge in [-0.1, -0.05) is 30.2 Å². The van der Waals surface area contributed by atoms with Crippen molar-refractivity contribution in [2.45, 2.75) is 31.7 Å². The van der Waals surface area contributed by atoms with Gasteiger partial charge in [0, 0.05) is 30.8 Å². The molecule has 3 rings (SSSR count). The lowest BCUT2D eigenvalue weighted by atomic mass is 9.97. The summed E-state index contributed by atoms with van der Waals surface area (Å²) in [6.45, 7) is 1.77. The number of carbonyl (C=O) groups excluding carboxylic acids is 1. The molecule has 0 radical (unpaired) electrons. The lowest BCUT2D eigenvalue weighted by molar-refractivity contribution is -0.116. The van der Waals surface area contributed by atoms with Crippen molar-refractivity contribution >= 4 is 23.2 Å². The van der Waals surface area contributed by atoms with E-state index >= 15 is 0 Å². The first-order chi connectivity index (χ1) is 11.2. The van der Waals surface area contributed by atoms with Crippen LogP contribution in [0.5, 0.6) is 0 Å². The van der Waals surface area contributed by atoms with E-state index in [9.17, 15) is 4.79 Å². The Bertz CT molecular complexity index is 644. The van der Waals surface area contributed by atoms with Crippen LogP contribution in [0.15, 0.2) is 36.7 Å². The van der Waals surface area contributed by atoms with Crippen molar-refractivity contribution in [1.29, 1.82) is 0 Å². The van der Waals surface area contributed by atoms with E-state index in [-0.39, 0.29) is 5.91 Å². The number of para-hydroxylation sites is 1. The molecule has 1 aromatic heterocycles. The van der Waals surface area contributed by atoms with E-state index in [0.717, 1.165) is 19.5 Å². The van der Waals surface area contributed by atoms with Gasteiger partial charge in [-0.05, 0) is 31.5 Å². The maximum Gasteiger partial charge on any atom is 0.225 e. The minimum atomic E-state index is -0.00498. The predicted molar refractivity (Wildman–Crippen MR) is 91.5 cm³/mol. The summed E-state index contributed by atoms with van der Waals surface area (Å²) in [5, 5.41) is 10.4. The number of carbonyl (C=O) groups is 1. The summed E-state index contributed by atoms with van der Waals surface area (Å²) in [6, 6.07) is 7.66. The van der Waals surface area contributed by atoms with Gasteiger partial charge in [0.1, 0.15) is 0 Å². The van der Waals surface area contributed by atoms with Crippen LogP contribution in [-0.2, 0) is 4.79 Å². The number of nitrogens with zero attached hydrogens (tertiary/aromatic N) is 2. The Morgan fingerprint density at radius 3 is 3.04 bits per heavy atom. The number of halogens is 1. The van der Waals surface area contributed by atoms with E-state index in [2.05, 4.69) is 20.4 Å². The molecule has 23 heavy (non-hydrogen) atoms. The molecule has 0 saturated carbocycles. The molecule has 1 saturated heterocycles. The average Bonchev–Trinajstić information content (AvgIpc) is 3.10. The Hall–Kier alpha value is -1.85. The van der Waals surface area contributed by atoms with Gasteiger partial charge >= 0.3 is 0 Å². The zero-order chi connectivity index (χ0) is 16.1. The summed E-state index contributed by atoms with van der Waals surface area (Å²) in [5.41, 5.74) is 1.88. The molecule has 0 spiro atoms. The van der Waals surface area contributed by atoms with Gasteiger partial charge < -0.3 is 5.32 Å². The summed E-state index contributed by atoms with van der Waals surface area (Å²) in [5.74, 6) is -0.00498. The summed E-state index contributed by atoms with van der Waals surface area (Å²) in [6.07, 6.45) is 7.81. The number of hydrogen-bond acceptors (Lipinski definition) is 3. The number of rotatable bonds is 5. The fourth-order valence-electron chi connectivity index (χ4n) is 3.10. The Morgan fingerprint density at radius 2 is 2.26 bits per heavy atom. The van der Waals surface area contributed by atoms with Crippen LogP contribution in [0.3, 0.4) is 0 Å². The minimum absolute atomic E-state index is 0.00498. The van der Waals surface area contributed by atoms with Crippen LogP contribution in [0.2, 0.25) is 5.02 Å². The van der Waals surface area contributed by atoms with Crippen LogP contribution >= 0.6 is 11.6 Å². The second kappa shape index (κ2) is 7.62. The molecule has 2 N–H and O–H groups in total. The van der Waals surface area contributed by atoms with Gasteiger partial charge in [0.05, 0.1) is 16.9 Å². The lowest BCUT2D eigenvalue weighted by Crippen LogP contribution is -2.35. The zero-order valence-corrected chi connectivity index (χ0v) is 13.7. The van der Waals surface area contributed by atoms with Crippen LogP contribution in [0.4, 0.5) is 5.69 Å². The number of piperidine rings is 1. The summed E-state index contributed by atoms with van der Waals surface area (Å²) >= 11 is 6.07. The molecule has 122 valence electrons. The van der Waals surface area contributed by atoms with Crippen LogP contribution in [0, 0.1) is 0 Å². The third-order valence-corrected chi connectivity index (χ3v) is 4.62. The molecule has 1 unspecified atom stereocenters. The number of aromatic amines is 1. The molecule has 0 aliphatic carbocycles. The summed E-state index contributed by atoms with van der Waals surface area (Å²) in [4.78, 5) is 14.6. The maximum absolute atomic E-state index is 12.2. The number of amides is 1. The van der Waals surface area contributed by atoms with Gasteiger partial charge in [-0.25, -0.2) is 0 Å². The molecule has 1 aliphatic heterocycles. The van der Waals surface area contributed by atoms with Crippen LogP contribution in [-0.4, -0.2) is 34.1 Å². The molecule has 1 aromatic carbocycles. The Labute approximate surface area is 141 Å². The first-order valence-electron chi connectivity index (χ1n) is 8.01. The van der Waals surface area contributed by atoms with Gasteiger partial charge in [-0.2, -0.15) is 5.10 Å². The van der Waals surface area contributed by atoms with E-state index < -0.39 is 0 Å². The number of anilines is 1. The Morgan fingerprint density at radius 1 is 1.39 bits per heavy atom. The van der Waals surface area contributed by atoms with Crippen molar-refractivity contribution < 1.29 is 4.79 Å². The quantitative estimate of drug-likeness (QED) is 0.879. The van der Waals surface area contributed by atoms with E-state index in [0.29, 0.717) is 23.2 Å². The third kappa shape index (κ3) is 4.12. The monoisotopic (exact) mass is 332 g/mol. The van der Waals surface area contributed by atoms with Crippen molar-refractivity contribution in [2.75, 3.05) is 18.4 Å². The van der Waals surface area contributed by atoms with Gasteiger partial charge in [-0.15, -0.1) is 0 Å². The summed E-state index contributed by atoms with van der Waals surface area (Å²) in [7, 11) is 0. The van der Waals surface area contributed by atoms with Gasteiger partial charge in [0.15, 0.2) is 0 Å². The number of likely N-dealkylation sites (tertiary alicyclic amines) is 1. The topological polar surface area (TPSA) is 61.0 Å². The Kier molecular flexibility index (Phi) is 5.31. The van der Waals surface area contributed by atoms with Crippen molar-refractivity contribution in [3.05, 3.63) is 47.2 Å². The molecule has 0 bridgehead atoms. The number of H-pyrrole nitrogens is 1. The minimum Gasteiger partial charge on any atom is -0.325 e. The lowest BCUT2D eigenvalue weighted by Gasteiger charge is -2.35. The van der Waals surface area contributed by atoms with Crippen LogP contribution < -0.4 is 5.32 Å². The molecule has 6 heteroatoms. The fraction of sp³-hybridized carbons (Fsp3) is 0.412. The second-order valence-corrected chi connectivity index (χ2v) is 6.26. The molecule has 1 fully saturated rings. The van der Waals surface area contributed by atoms with Gasteiger partial charge in [-0.3, -0.25) is 14.8 Å². The van der Waals surface area contributed by atoms with Crippen molar-refractivity contribution in [3.63, 3.8) is 0 Å². The van der Waals surface area contributed by atoms with E-state index in [1.807, 2.05) is 30.6 Å². The highest BCUT2D eigenvalue weighted by atomic mass is 35.5. The van der Waals surface area contributed by atoms with Gasteiger partial charge in [0.25, 0.3) is 0 Å². The molecule has 2 aromatic rings. The highest BCUT2D eigenvalue weighted by Crippen LogP contribution is 2.30. The number of aromatic nitrogens is 2. The molecule has 1 aliphatic rings. The molecule has 5 nitrogen and oxygen atoms in total. The van der Waals surface area contributed by atoms with Gasteiger partial charge in [0.2, 0.25) is 5.91 Å². The standard InChI is InChI=1S/C17H21ClN4O/c18-14-5-1-2-6-15(14)21-17(23)8-10-22-9-4-3-7-16(22)13-11-19-20-12-13/h1-2,5-6,11-12,16H,3-4,7-10H2,(H,19,20)(H,21,23). The molecular weight excluding hydrogens is 312 g/mol. The third-order valence-electron chi connectivity index (χ3n) is 4.29. The number of nitrogens with one attached hydrogen (secondary N) is 2. The van der Waals surface area contributed by atoms with Crippen LogP contribution in [0.25, 0.3) is 0 Å². The predicted octanol–water partition coefficient (Wildman–Crippen LogP) is 3.62. The smallest absolute Gasteiger partial charge is 0.225 e. The van der Waals surface area contributed by atoms with E-state index in [4.69, 9.17) is 11.6 Å². The highest BCUT2D eigenvalue weighted by Gasteiger charge is 2.24. The Balaban J connectivity index is 1.56. The SMILES string of the molecule is O=C(CCN1CCCCC1c1cn[nH]c1)Nc1ccccc1Cl. The van der Waals surface area contributed by atoms with Crippen molar-refractivity contribution in [2.24, 2.45) is 0 Å². The maximum atomic E-state index is 12.2. The molecule has 1 atom stereocenters. The second-order valence-electron chi connectivity index (χ2n) is 5.86. The van der Waals surface area contributed by atoms with E-state index in [1.165, 1.54) is 18.4 Å². The first-order valence-corrected chi connectivity index (χ1v) is 8.39. The number of benzene rings is 1. The van der Waals surface area contributed by atoms with E-state index in [1.54, 1.807) is 6.07 Å². The zero-order valence-electron chi connectivity index (χ0n) is 13.0. The average molecular weight is 333 g/mol. The van der Waals surface area contributed by atoms with Crippen LogP contribution in [0.1, 0.15) is 37.3 Å². The highest BCUT2D eigenvalue weighted by molar-refractivity contribution is 6.33. The van der Waals surface area contributed by atoms with Crippen molar-refractivity contribution in [1.82, 2.24) is 15.1 Å².